The van der Waals surface area contributed by atoms with E-state index in [1.807, 2.05) is 60.7 Å². The van der Waals surface area contributed by atoms with Crippen LogP contribution < -0.4 is 0 Å². The molecule has 0 bridgehead atoms. The summed E-state index contributed by atoms with van der Waals surface area (Å²) in [5, 5.41) is 17.0. The molecule has 0 aliphatic carbocycles. The first kappa shape index (κ1) is 56.9. The van der Waals surface area contributed by atoms with Gasteiger partial charge in [0, 0.05) is 30.2 Å². The van der Waals surface area contributed by atoms with Gasteiger partial charge in [-0.15, -0.1) is 0 Å². The summed E-state index contributed by atoms with van der Waals surface area (Å²) in [6, 6.07) is 20.0. The molecule has 0 spiro atoms. The van der Waals surface area contributed by atoms with Crippen LogP contribution in [0.1, 0.15) is 194 Å². The number of hydrogen-bond acceptors (Lipinski definition) is 2. The standard InChI is InChI=1S/2C18H34O2.2C5H5.Cr.Fe/c2*1-2-3-4-5-6-7-8-9-10-11-12-13-14-15-16-17-18(19)20;2*1-2-4-5-3-1;;/h2*9-10H,2-8,11-17H2,1H3,(H,19,20);2*1-5H;;/q;;2*-1;;+2/b2*10-9-;;;;. The number of allylic oxidation sites excluding steroid dienone is 4. The zero-order valence-corrected chi connectivity index (χ0v) is 35.7. The Balaban J connectivity index is -0.000000336. The summed E-state index contributed by atoms with van der Waals surface area (Å²) in [4.78, 5) is 20.6. The third-order valence-corrected chi connectivity index (χ3v) is 8.42. The van der Waals surface area contributed by atoms with Crippen LogP contribution in [0.25, 0.3) is 0 Å². The molecule has 2 aromatic carbocycles. The molecule has 0 fully saturated rings. The number of carboxylic acids is 2. The number of hydrogen-bond donors (Lipinski definition) is 2. The second kappa shape index (κ2) is 53.5. The Labute approximate surface area is 343 Å². The van der Waals surface area contributed by atoms with Crippen molar-refractivity contribution in [2.45, 2.75) is 194 Å². The van der Waals surface area contributed by atoms with Gasteiger partial charge in [-0.1, -0.05) is 141 Å². The quantitative estimate of drug-likeness (QED) is 0.0357. The van der Waals surface area contributed by atoms with Gasteiger partial charge in [0.15, 0.2) is 0 Å². The molecule has 52 heavy (non-hydrogen) atoms. The minimum absolute atomic E-state index is 0. The van der Waals surface area contributed by atoms with Crippen LogP contribution in [0.3, 0.4) is 0 Å². The Bertz CT molecular complexity index is 814. The molecule has 0 radical (unpaired) electrons. The molecule has 0 heterocycles. The van der Waals surface area contributed by atoms with E-state index in [1.165, 1.54) is 141 Å². The third kappa shape index (κ3) is 60.3. The van der Waals surface area contributed by atoms with Gasteiger partial charge in [0.2, 0.25) is 0 Å². The van der Waals surface area contributed by atoms with Gasteiger partial charge >= 0.3 is 29.0 Å². The Morgan fingerprint density at radius 1 is 0.423 bits per heavy atom. The fraction of sp³-hybridized carbons (Fsp3) is 0.652. The molecule has 2 rings (SSSR count). The normalized spacial score (nSPS) is 10.2. The molecule has 2 aromatic rings. The molecule has 0 saturated heterocycles. The average molecular weight is 803 g/mol. The van der Waals surface area contributed by atoms with Crippen molar-refractivity contribution < 1.29 is 54.2 Å². The van der Waals surface area contributed by atoms with Gasteiger partial charge in [0.1, 0.15) is 0 Å². The zero-order chi connectivity index (χ0) is 36.9. The molecule has 0 unspecified atom stereocenters. The van der Waals surface area contributed by atoms with Crippen LogP contribution in [-0.4, -0.2) is 22.2 Å². The van der Waals surface area contributed by atoms with Crippen LogP contribution in [-0.2, 0) is 44.0 Å². The molecule has 300 valence electrons. The van der Waals surface area contributed by atoms with Crippen LogP contribution >= 0.6 is 0 Å². The number of unbranched alkanes of at least 4 members (excludes halogenated alkanes) is 22. The summed E-state index contributed by atoms with van der Waals surface area (Å²) in [5.41, 5.74) is 0. The molecular formula is C46H78CrFeO4. The van der Waals surface area contributed by atoms with Gasteiger partial charge in [-0.25, -0.2) is 24.3 Å². The maximum atomic E-state index is 10.3. The second-order valence-electron chi connectivity index (χ2n) is 13.4. The van der Waals surface area contributed by atoms with Gasteiger partial charge in [0.05, 0.1) is 0 Å². The van der Waals surface area contributed by atoms with Crippen LogP contribution in [0.4, 0.5) is 0 Å². The van der Waals surface area contributed by atoms with Crippen molar-refractivity contribution in [1.29, 1.82) is 0 Å². The van der Waals surface area contributed by atoms with Gasteiger partial charge in [0.25, 0.3) is 0 Å². The SMILES string of the molecule is CCCCCCCC/C=C\CCCCCCCC(=O)O.CCCCCCCC/C=C\CCCCCCCC(=O)O.[Cr].[Fe+2].c1cc[cH-]c1.c1cc[cH-]c1. The molecular weight excluding hydrogens is 724 g/mol. The monoisotopic (exact) mass is 802 g/mol. The minimum Gasteiger partial charge on any atom is -0.481 e. The van der Waals surface area contributed by atoms with Gasteiger partial charge < -0.3 is 10.2 Å². The molecule has 6 heteroatoms. The fourth-order valence-corrected chi connectivity index (χ4v) is 5.34. The second-order valence-corrected chi connectivity index (χ2v) is 13.4. The zero-order valence-electron chi connectivity index (χ0n) is 33.4. The van der Waals surface area contributed by atoms with Gasteiger partial charge in [-0.2, -0.15) is 36.4 Å². The van der Waals surface area contributed by atoms with E-state index in [0.717, 1.165) is 25.7 Å². The maximum absolute atomic E-state index is 10.3. The first-order valence-corrected chi connectivity index (χ1v) is 20.6. The van der Waals surface area contributed by atoms with Crippen LogP contribution in [0, 0.1) is 0 Å². The van der Waals surface area contributed by atoms with E-state index in [-0.39, 0.29) is 34.4 Å². The summed E-state index contributed by atoms with van der Waals surface area (Å²) in [7, 11) is 0. The van der Waals surface area contributed by atoms with Crippen LogP contribution in [0.15, 0.2) is 85.0 Å². The number of rotatable bonds is 30. The van der Waals surface area contributed by atoms with Crippen molar-refractivity contribution in [3.8, 4) is 0 Å². The van der Waals surface area contributed by atoms with E-state index in [4.69, 9.17) is 10.2 Å². The average Bonchev–Trinajstić information content (AvgIpc) is 3.89. The number of carboxylic acid groups (broad SMARTS) is 2. The van der Waals surface area contributed by atoms with Crippen molar-refractivity contribution in [2.24, 2.45) is 0 Å². The van der Waals surface area contributed by atoms with Gasteiger partial charge in [-0.3, -0.25) is 9.59 Å². The molecule has 2 N–H and O–H groups in total. The summed E-state index contributed by atoms with van der Waals surface area (Å²) in [6.07, 6.45) is 42.5. The Morgan fingerprint density at radius 2 is 0.654 bits per heavy atom. The molecule has 0 atom stereocenters. The fourth-order valence-electron chi connectivity index (χ4n) is 5.34. The summed E-state index contributed by atoms with van der Waals surface area (Å²) < 4.78 is 0. The predicted molar refractivity (Wildman–Crippen MR) is 218 cm³/mol. The maximum Gasteiger partial charge on any atom is 2.00 e. The number of carbonyl (C=O) groups is 2. The van der Waals surface area contributed by atoms with Crippen molar-refractivity contribution in [1.82, 2.24) is 0 Å². The van der Waals surface area contributed by atoms with E-state index in [2.05, 4.69) is 38.2 Å². The molecule has 0 aliphatic rings. The Hall–Kier alpha value is -1.83. The first-order chi connectivity index (χ1) is 24.5. The Kier molecular flexibility index (Phi) is 58.6. The first-order valence-electron chi connectivity index (χ1n) is 20.6. The van der Waals surface area contributed by atoms with E-state index in [1.54, 1.807) is 0 Å². The van der Waals surface area contributed by atoms with Crippen molar-refractivity contribution in [2.75, 3.05) is 0 Å². The summed E-state index contributed by atoms with van der Waals surface area (Å²) >= 11 is 0. The van der Waals surface area contributed by atoms with Crippen molar-refractivity contribution >= 4 is 11.9 Å². The minimum atomic E-state index is -0.664. The van der Waals surface area contributed by atoms with E-state index < -0.39 is 11.9 Å². The molecule has 0 saturated carbocycles. The smallest absolute Gasteiger partial charge is 0.481 e. The van der Waals surface area contributed by atoms with Gasteiger partial charge in [-0.05, 0) is 64.2 Å². The van der Waals surface area contributed by atoms with Crippen molar-refractivity contribution in [3.63, 3.8) is 0 Å². The topological polar surface area (TPSA) is 74.6 Å². The van der Waals surface area contributed by atoms with Crippen LogP contribution in [0.2, 0.25) is 0 Å². The van der Waals surface area contributed by atoms with E-state index in [0.29, 0.717) is 12.8 Å². The number of aliphatic carboxylic acids is 2. The Morgan fingerprint density at radius 3 is 0.865 bits per heavy atom. The molecule has 4 nitrogen and oxygen atoms in total. The largest absolute Gasteiger partial charge is 2.00 e. The molecule has 0 amide bonds. The van der Waals surface area contributed by atoms with E-state index in [9.17, 15) is 9.59 Å². The van der Waals surface area contributed by atoms with E-state index >= 15 is 0 Å². The third-order valence-electron chi connectivity index (χ3n) is 8.42. The molecule has 0 aromatic heterocycles. The van der Waals surface area contributed by atoms with Crippen molar-refractivity contribution in [3.05, 3.63) is 85.0 Å². The van der Waals surface area contributed by atoms with Crippen LogP contribution in [0.5, 0.6) is 0 Å². The molecule has 0 aliphatic heterocycles. The summed E-state index contributed by atoms with van der Waals surface area (Å²) in [6.45, 7) is 4.52. The summed E-state index contributed by atoms with van der Waals surface area (Å²) in [5.74, 6) is -1.33. The predicted octanol–water partition coefficient (Wildman–Crippen LogP) is 15.0.